The van der Waals surface area contributed by atoms with E-state index in [4.69, 9.17) is 17.3 Å². The van der Waals surface area contributed by atoms with Gasteiger partial charge in [-0.25, -0.2) is 4.98 Å². The molecule has 1 heterocycles. The molecule has 0 radical (unpaired) electrons. The molecule has 0 aliphatic rings. The first-order valence-corrected chi connectivity index (χ1v) is 7.27. The molecule has 2 N–H and O–H groups in total. The number of halogens is 1. The van der Waals surface area contributed by atoms with E-state index in [9.17, 15) is 0 Å². The highest BCUT2D eigenvalue weighted by molar-refractivity contribution is 6.31. The predicted octanol–water partition coefficient (Wildman–Crippen LogP) is 3.84. The van der Waals surface area contributed by atoms with E-state index in [-0.39, 0.29) is 5.54 Å². The van der Waals surface area contributed by atoms with E-state index in [2.05, 4.69) is 36.4 Å². The fourth-order valence-electron chi connectivity index (χ4n) is 2.28. The third-order valence-electron chi connectivity index (χ3n) is 4.31. The van der Waals surface area contributed by atoms with Gasteiger partial charge in [0.1, 0.15) is 0 Å². The van der Waals surface area contributed by atoms with Crippen molar-refractivity contribution in [3.05, 3.63) is 41.3 Å². The molecule has 0 aliphatic carbocycles. The molecule has 0 bridgehead atoms. The van der Waals surface area contributed by atoms with Gasteiger partial charge in [0.2, 0.25) is 0 Å². The lowest BCUT2D eigenvalue weighted by atomic mass is 9.87. The summed E-state index contributed by atoms with van der Waals surface area (Å²) in [6.07, 6.45) is 3.73. The maximum Gasteiger partial charge on any atom is 0.0956 e. The Morgan fingerprint density at radius 3 is 2.65 bits per heavy atom. The van der Waals surface area contributed by atoms with Crippen LogP contribution in [0.5, 0.6) is 0 Å². The molecular weight excluding hydrogens is 270 g/mol. The molecule has 2 aromatic rings. The van der Waals surface area contributed by atoms with Gasteiger partial charge in [0.15, 0.2) is 0 Å². The summed E-state index contributed by atoms with van der Waals surface area (Å²) in [7, 11) is 0. The molecule has 1 atom stereocenters. The van der Waals surface area contributed by atoms with Crippen LogP contribution >= 0.6 is 11.6 Å². The lowest BCUT2D eigenvalue weighted by Gasteiger charge is -2.35. The zero-order chi connectivity index (χ0) is 14.9. The molecule has 0 spiro atoms. The highest BCUT2D eigenvalue weighted by Gasteiger charge is 2.30. The molecule has 2 rings (SSSR count). The van der Waals surface area contributed by atoms with Gasteiger partial charge in [-0.3, -0.25) is 0 Å². The van der Waals surface area contributed by atoms with Crippen LogP contribution in [0.15, 0.2) is 30.7 Å². The normalized spacial score (nSPS) is 14.6. The second kappa shape index (κ2) is 5.58. The molecule has 3 nitrogen and oxygen atoms in total. The van der Waals surface area contributed by atoms with E-state index in [0.29, 0.717) is 12.5 Å². The maximum absolute atomic E-state index is 6.24. The molecule has 108 valence electrons. The summed E-state index contributed by atoms with van der Waals surface area (Å²) >= 11 is 6.24. The summed E-state index contributed by atoms with van der Waals surface area (Å²) in [5.41, 5.74) is 9.06. The molecule has 1 aromatic heterocycles. The Balaban J connectivity index is 2.55. The van der Waals surface area contributed by atoms with Crippen LogP contribution in [0.25, 0.3) is 11.3 Å². The number of aryl methyl sites for hydroxylation is 1. The van der Waals surface area contributed by atoms with Gasteiger partial charge < -0.3 is 10.3 Å². The third-order valence-corrected chi connectivity index (χ3v) is 4.72. The first-order chi connectivity index (χ1) is 9.40. The SMILES string of the molecule is Cc1ccc(-c2cncn2C(C)(CN)C(C)C)cc1Cl. The monoisotopic (exact) mass is 291 g/mol. The molecule has 0 saturated heterocycles. The van der Waals surface area contributed by atoms with Crippen molar-refractivity contribution in [3.8, 4) is 11.3 Å². The Labute approximate surface area is 125 Å². The van der Waals surface area contributed by atoms with Gasteiger partial charge in [-0.1, -0.05) is 37.6 Å². The zero-order valence-corrected chi connectivity index (χ0v) is 13.3. The quantitative estimate of drug-likeness (QED) is 0.930. The summed E-state index contributed by atoms with van der Waals surface area (Å²) in [6, 6.07) is 6.10. The lowest BCUT2D eigenvalue weighted by Crippen LogP contribution is -2.42. The van der Waals surface area contributed by atoms with E-state index in [1.54, 1.807) is 0 Å². The molecule has 0 aliphatic heterocycles. The van der Waals surface area contributed by atoms with Crippen LogP contribution in [0.1, 0.15) is 26.3 Å². The van der Waals surface area contributed by atoms with Gasteiger partial charge in [0, 0.05) is 17.1 Å². The number of imidazole rings is 1. The topological polar surface area (TPSA) is 43.8 Å². The van der Waals surface area contributed by atoms with Crippen molar-refractivity contribution >= 4 is 11.6 Å². The highest BCUT2D eigenvalue weighted by atomic mass is 35.5. The second-order valence-electron chi connectivity index (χ2n) is 5.83. The Morgan fingerprint density at radius 1 is 1.40 bits per heavy atom. The minimum absolute atomic E-state index is 0.163. The number of hydrogen-bond donors (Lipinski definition) is 1. The van der Waals surface area contributed by atoms with Crippen LogP contribution in [0.2, 0.25) is 5.02 Å². The molecule has 1 unspecified atom stereocenters. The standard InChI is InChI=1S/C16H22ClN3/c1-11(2)16(4,9-18)20-10-19-8-15(20)13-6-5-12(3)14(17)7-13/h5-8,10-11H,9,18H2,1-4H3. The first kappa shape index (κ1) is 15.1. The van der Waals surface area contributed by atoms with Crippen LogP contribution in [-0.2, 0) is 5.54 Å². The third kappa shape index (κ3) is 2.48. The smallest absolute Gasteiger partial charge is 0.0956 e. The number of benzene rings is 1. The minimum atomic E-state index is -0.163. The molecule has 1 aromatic carbocycles. The van der Waals surface area contributed by atoms with Crippen LogP contribution in [-0.4, -0.2) is 16.1 Å². The Kier molecular flexibility index (Phi) is 4.21. The van der Waals surface area contributed by atoms with Crippen molar-refractivity contribution in [1.29, 1.82) is 0 Å². The lowest BCUT2D eigenvalue weighted by molar-refractivity contribution is 0.233. The highest BCUT2D eigenvalue weighted by Crippen LogP contribution is 2.32. The average Bonchev–Trinajstić information content (AvgIpc) is 2.90. The predicted molar refractivity (Wildman–Crippen MR) is 85.0 cm³/mol. The summed E-state index contributed by atoms with van der Waals surface area (Å²) in [5, 5.41) is 0.772. The van der Waals surface area contributed by atoms with Gasteiger partial charge >= 0.3 is 0 Å². The summed E-state index contributed by atoms with van der Waals surface area (Å²) in [6.45, 7) is 9.09. The van der Waals surface area contributed by atoms with E-state index in [1.807, 2.05) is 31.6 Å². The number of nitrogens with zero attached hydrogens (tertiary/aromatic N) is 2. The summed E-state index contributed by atoms with van der Waals surface area (Å²) in [5.74, 6) is 0.404. The van der Waals surface area contributed by atoms with E-state index in [1.165, 1.54) is 0 Å². The van der Waals surface area contributed by atoms with Crippen molar-refractivity contribution in [2.75, 3.05) is 6.54 Å². The number of aromatic nitrogens is 2. The Bertz CT molecular complexity index is 604. The average molecular weight is 292 g/mol. The van der Waals surface area contributed by atoms with Crippen LogP contribution in [0.3, 0.4) is 0 Å². The fraction of sp³-hybridized carbons (Fsp3) is 0.438. The van der Waals surface area contributed by atoms with Crippen LogP contribution in [0, 0.1) is 12.8 Å². The fourth-order valence-corrected chi connectivity index (χ4v) is 2.46. The second-order valence-corrected chi connectivity index (χ2v) is 6.24. The summed E-state index contributed by atoms with van der Waals surface area (Å²) in [4.78, 5) is 4.31. The van der Waals surface area contributed by atoms with Crippen molar-refractivity contribution in [1.82, 2.24) is 9.55 Å². The molecular formula is C16H22ClN3. The van der Waals surface area contributed by atoms with E-state index >= 15 is 0 Å². The van der Waals surface area contributed by atoms with Gasteiger partial charge in [-0.2, -0.15) is 0 Å². The van der Waals surface area contributed by atoms with Crippen molar-refractivity contribution in [3.63, 3.8) is 0 Å². The van der Waals surface area contributed by atoms with Gasteiger partial charge in [0.05, 0.1) is 23.8 Å². The molecule has 20 heavy (non-hydrogen) atoms. The van der Waals surface area contributed by atoms with E-state index in [0.717, 1.165) is 21.8 Å². The molecule has 0 amide bonds. The number of rotatable bonds is 4. The largest absolute Gasteiger partial charge is 0.328 e. The summed E-state index contributed by atoms with van der Waals surface area (Å²) < 4.78 is 2.17. The van der Waals surface area contributed by atoms with Crippen molar-refractivity contribution in [2.24, 2.45) is 11.7 Å². The first-order valence-electron chi connectivity index (χ1n) is 6.89. The van der Waals surface area contributed by atoms with E-state index < -0.39 is 0 Å². The van der Waals surface area contributed by atoms with Gasteiger partial charge in [-0.15, -0.1) is 0 Å². The van der Waals surface area contributed by atoms with Crippen molar-refractivity contribution in [2.45, 2.75) is 33.2 Å². The van der Waals surface area contributed by atoms with Gasteiger partial charge in [0.25, 0.3) is 0 Å². The van der Waals surface area contributed by atoms with Crippen LogP contribution < -0.4 is 5.73 Å². The van der Waals surface area contributed by atoms with Gasteiger partial charge in [-0.05, 0) is 31.4 Å². The Hall–Kier alpha value is -1.32. The zero-order valence-electron chi connectivity index (χ0n) is 12.5. The molecule has 0 fully saturated rings. The maximum atomic E-state index is 6.24. The number of nitrogens with two attached hydrogens (primary N) is 1. The van der Waals surface area contributed by atoms with Crippen LogP contribution in [0.4, 0.5) is 0 Å². The van der Waals surface area contributed by atoms with Crippen molar-refractivity contribution < 1.29 is 0 Å². The molecule has 4 heteroatoms. The minimum Gasteiger partial charge on any atom is -0.328 e. The number of hydrogen-bond acceptors (Lipinski definition) is 2. The molecule has 0 saturated carbocycles. The Morgan fingerprint density at radius 2 is 2.10 bits per heavy atom.